The zero-order valence-electron chi connectivity index (χ0n) is 16.2. The van der Waals surface area contributed by atoms with Crippen molar-refractivity contribution >= 4 is 23.5 Å². The number of anilines is 1. The van der Waals surface area contributed by atoms with Gasteiger partial charge >= 0.3 is 5.97 Å². The lowest BCUT2D eigenvalue weighted by molar-refractivity contribution is -0.126. The molecule has 0 saturated carbocycles. The largest absolute Gasteiger partial charge is 0.493 e. The third kappa shape index (κ3) is 5.84. The van der Waals surface area contributed by atoms with Crippen LogP contribution in [-0.4, -0.2) is 37.5 Å². The van der Waals surface area contributed by atoms with E-state index >= 15 is 0 Å². The minimum atomic E-state index is -0.667. The van der Waals surface area contributed by atoms with Crippen molar-refractivity contribution in [2.24, 2.45) is 0 Å². The molecule has 0 bridgehead atoms. The summed E-state index contributed by atoms with van der Waals surface area (Å²) in [6.07, 6.45) is 0. The number of rotatable bonds is 8. The molecule has 2 rings (SSSR count). The molecule has 2 aromatic carbocycles. The number of aryl methyl sites for hydroxylation is 2. The van der Waals surface area contributed by atoms with E-state index in [0.29, 0.717) is 12.4 Å². The molecule has 7 nitrogen and oxygen atoms in total. The second-order valence-corrected chi connectivity index (χ2v) is 6.10. The highest BCUT2D eigenvalue weighted by Crippen LogP contribution is 2.19. The lowest BCUT2D eigenvalue weighted by atomic mass is 10.1. The fourth-order valence-electron chi connectivity index (χ4n) is 2.55. The molecule has 0 fully saturated rings. The molecule has 28 heavy (non-hydrogen) atoms. The molecule has 0 aliphatic rings. The first kappa shape index (κ1) is 21.0. The quantitative estimate of drug-likeness (QED) is 0.683. The number of para-hydroxylation sites is 2. The number of ether oxygens (including phenoxy) is 2. The van der Waals surface area contributed by atoms with Crippen molar-refractivity contribution in [2.45, 2.75) is 20.8 Å². The van der Waals surface area contributed by atoms with E-state index in [1.807, 2.05) is 32.0 Å². The molecule has 0 unspecified atom stereocenters. The summed E-state index contributed by atoms with van der Waals surface area (Å²) < 4.78 is 10.4. The van der Waals surface area contributed by atoms with Crippen molar-refractivity contribution in [3.63, 3.8) is 0 Å². The highest BCUT2D eigenvalue weighted by atomic mass is 16.5. The normalized spacial score (nSPS) is 10.1. The van der Waals surface area contributed by atoms with Gasteiger partial charge in [0.05, 0.1) is 13.2 Å². The Kier molecular flexibility index (Phi) is 7.56. The van der Waals surface area contributed by atoms with Gasteiger partial charge < -0.3 is 20.1 Å². The highest BCUT2D eigenvalue weighted by Gasteiger charge is 2.15. The highest BCUT2D eigenvalue weighted by molar-refractivity contribution is 5.97. The van der Waals surface area contributed by atoms with Gasteiger partial charge in [0.2, 0.25) is 5.91 Å². The van der Waals surface area contributed by atoms with Gasteiger partial charge in [0.15, 0.2) is 6.61 Å². The van der Waals surface area contributed by atoms with Crippen molar-refractivity contribution in [1.82, 2.24) is 5.32 Å². The standard InChI is InChI=1S/C21H24N2O5/c1-4-27-17-11-6-5-10-16(17)21(26)28-13-19(25)22-12-18(24)23-20-14(2)8-7-9-15(20)3/h5-11H,4,12-13H2,1-3H3,(H,22,25)(H,23,24). The average Bonchev–Trinajstić information content (AvgIpc) is 2.68. The van der Waals surface area contributed by atoms with Gasteiger partial charge in [-0.3, -0.25) is 9.59 Å². The summed E-state index contributed by atoms with van der Waals surface area (Å²) in [6.45, 7) is 5.27. The predicted octanol–water partition coefficient (Wildman–Crippen LogP) is 2.61. The van der Waals surface area contributed by atoms with Crippen LogP contribution >= 0.6 is 0 Å². The van der Waals surface area contributed by atoms with Crippen LogP contribution in [0.4, 0.5) is 5.69 Å². The third-order valence-corrected chi connectivity index (χ3v) is 3.93. The van der Waals surface area contributed by atoms with Gasteiger partial charge in [0, 0.05) is 5.69 Å². The maximum Gasteiger partial charge on any atom is 0.342 e. The summed E-state index contributed by atoms with van der Waals surface area (Å²) in [4.78, 5) is 36.1. The van der Waals surface area contributed by atoms with Crippen molar-refractivity contribution in [2.75, 3.05) is 25.1 Å². The molecule has 148 valence electrons. The molecule has 0 radical (unpaired) electrons. The minimum Gasteiger partial charge on any atom is -0.493 e. The molecule has 0 atom stereocenters. The van der Waals surface area contributed by atoms with E-state index in [-0.39, 0.29) is 18.0 Å². The Labute approximate surface area is 164 Å². The summed E-state index contributed by atoms with van der Waals surface area (Å²) in [5.41, 5.74) is 2.83. The molecular formula is C21H24N2O5. The van der Waals surface area contributed by atoms with Crippen molar-refractivity contribution in [3.8, 4) is 5.75 Å². The molecule has 0 aliphatic heterocycles. The first-order valence-electron chi connectivity index (χ1n) is 8.94. The van der Waals surface area contributed by atoms with Gasteiger partial charge in [-0.05, 0) is 44.0 Å². The first-order chi connectivity index (χ1) is 13.4. The van der Waals surface area contributed by atoms with E-state index in [2.05, 4.69) is 10.6 Å². The first-order valence-corrected chi connectivity index (χ1v) is 8.94. The predicted molar refractivity (Wildman–Crippen MR) is 105 cm³/mol. The molecule has 7 heteroatoms. The van der Waals surface area contributed by atoms with Crippen LogP contribution in [0.2, 0.25) is 0 Å². The minimum absolute atomic E-state index is 0.223. The van der Waals surface area contributed by atoms with Crippen LogP contribution in [0.5, 0.6) is 5.75 Å². The number of benzene rings is 2. The molecule has 2 amide bonds. The van der Waals surface area contributed by atoms with Gasteiger partial charge in [0.1, 0.15) is 11.3 Å². The van der Waals surface area contributed by atoms with E-state index < -0.39 is 18.5 Å². The Bertz CT molecular complexity index is 843. The van der Waals surface area contributed by atoms with Crippen LogP contribution in [0.1, 0.15) is 28.4 Å². The smallest absolute Gasteiger partial charge is 0.342 e. The summed E-state index contributed by atoms with van der Waals surface area (Å²) in [6, 6.07) is 12.3. The Morgan fingerprint density at radius 1 is 0.929 bits per heavy atom. The van der Waals surface area contributed by atoms with E-state index in [9.17, 15) is 14.4 Å². The molecule has 0 heterocycles. The summed E-state index contributed by atoms with van der Waals surface area (Å²) in [7, 11) is 0. The van der Waals surface area contributed by atoms with Crippen LogP contribution in [0.3, 0.4) is 0 Å². The molecule has 0 aromatic heterocycles. The molecule has 2 N–H and O–H groups in total. The lowest BCUT2D eigenvalue weighted by Crippen LogP contribution is -2.35. The topological polar surface area (TPSA) is 93.7 Å². The van der Waals surface area contributed by atoms with Crippen LogP contribution in [0, 0.1) is 13.8 Å². The number of amides is 2. The van der Waals surface area contributed by atoms with Gasteiger partial charge in [0.25, 0.3) is 5.91 Å². The molecule has 2 aromatic rings. The monoisotopic (exact) mass is 384 g/mol. The Hall–Kier alpha value is -3.35. The maximum absolute atomic E-state index is 12.1. The van der Waals surface area contributed by atoms with Gasteiger partial charge in [-0.15, -0.1) is 0 Å². The number of nitrogens with one attached hydrogen (secondary N) is 2. The Morgan fingerprint density at radius 3 is 2.29 bits per heavy atom. The van der Waals surface area contributed by atoms with E-state index in [4.69, 9.17) is 9.47 Å². The molecule has 0 spiro atoms. The number of hydrogen-bond donors (Lipinski definition) is 2. The SMILES string of the molecule is CCOc1ccccc1C(=O)OCC(=O)NCC(=O)Nc1c(C)cccc1C. The van der Waals surface area contributed by atoms with Gasteiger partial charge in [-0.25, -0.2) is 4.79 Å². The number of carbonyl (C=O) groups excluding carboxylic acids is 3. The zero-order valence-corrected chi connectivity index (χ0v) is 16.2. The average molecular weight is 384 g/mol. The number of esters is 1. The second kappa shape index (κ2) is 10.1. The summed E-state index contributed by atoms with van der Waals surface area (Å²) >= 11 is 0. The van der Waals surface area contributed by atoms with Crippen molar-refractivity contribution in [1.29, 1.82) is 0 Å². The van der Waals surface area contributed by atoms with Crippen molar-refractivity contribution < 1.29 is 23.9 Å². The fourth-order valence-corrected chi connectivity index (χ4v) is 2.55. The van der Waals surface area contributed by atoms with E-state index in [0.717, 1.165) is 16.8 Å². The van der Waals surface area contributed by atoms with Crippen LogP contribution in [-0.2, 0) is 14.3 Å². The van der Waals surface area contributed by atoms with Crippen LogP contribution in [0.25, 0.3) is 0 Å². The third-order valence-electron chi connectivity index (χ3n) is 3.93. The second-order valence-electron chi connectivity index (χ2n) is 6.10. The van der Waals surface area contributed by atoms with Crippen LogP contribution < -0.4 is 15.4 Å². The lowest BCUT2D eigenvalue weighted by Gasteiger charge is -2.12. The number of carbonyl (C=O) groups is 3. The fraction of sp³-hybridized carbons (Fsp3) is 0.286. The van der Waals surface area contributed by atoms with E-state index in [1.165, 1.54) is 0 Å². The molecule has 0 aliphatic carbocycles. The van der Waals surface area contributed by atoms with Gasteiger partial charge in [-0.1, -0.05) is 30.3 Å². The Morgan fingerprint density at radius 2 is 1.61 bits per heavy atom. The van der Waals surface area contributed by atoms with Crippen LogP contribution in [0.15, 0.2) is 42.5 Å². The summed E-state index contributed by atoms with van der Waals surface area (Å²) in [5, 5.41) is 5.20. The molecule has 0 saturated heterocycles. The van der Waals surface area contributed by atoms with Crippen molar-refractivity contribution in [3.05, 3.63) is 59.2 Å². The maximum atomic E-state index is 12.1. The Balaban J connectivity index is 1.81. The number of hydrogen-bond acceptors (Lipinski definition) is 5. The molecular weight excluding hydrogens is 360 g/mol. The summed E-state index contributed by atoms with van der Waals surface area (Å²) in [5.74, 6) is -1.21. The zero-order chi connectivity index (χ0) is 20.5. The van der Waals surface area contributed by atoms with E-state index in [1.54, 1.807) is 31.2 Å². The van der Waals surface area contributed by atoms with Gasteiger partial charge in [-0.2, -0.15) is 0 Å².